The van der Waals surface area contributed by atoms with Crippen molar-refractivity contribution in [3.63, 3.8) is 0 Å². The van der Waals surface area contributed by atoms with Crippen LogP contribution in [0, 0.1) is 0 Å². The molecule has 1 aliphatic carbocycles. The summed E-state index contributed by atoms with van der Waals surface area (Å²) in [5.41, 5.74) is 3.39. The smallest absolute Gasteiger partial charge is 0.217 e. The average Bonchev–Trinajstić information content (AvgIpc) is 3.09. The summed E-state index contributed by atoms with van der Waals surface area (Å²) in [6, 6.07) is 12.4. The van der Waals surface area contributed by atoms with Gasteiger partial charge in [0.15, 0.2) is 0 Å². The molecule has 3 heterocycles. The number of imidazole rings is 1. The minimum Gasteiger partial charge on any atom is -0.474 e. The lowest BCUT2D eigenvalue weighted by Gasteiger charge is -2.34. The molecule has 2 aliphatic rings. The third-order valence-corrected chi connectivity index (χ3v) is 5.63. The van der Waals surface area contributed by atoms with E-state index in [1.54, 1.807) is 0 Å². The van der Waals surface area contributed by atoms with Crippen molar-refractivity contribution < 1.29 is 9.47 Å². The summed E-state index contributed by atoms with van der Waals surface area (Å²) in [6.45, 7) is 1.66. The fourth-order valence-corrected chi connectivity index (χ4v) is 4.03. The number of rotatable bonds is 4. The van der Waals surface area contributed by atoms with E-state index in [0.29, 0.717) is 11.8 Å². The maximum absolute atomic E-state index is 6.27. The van der Waals surface area contributed by atoms with Gasteiger partial charge < -0.3 is 14.5 Å². The molecule has 1 N–H and O–H groups in total. The van der Waals surface area contributed by atoms with Crippen LogP contribution in [0.5, 0.6) is 5.88 Å². The topological polar surface area (TPSA) is 60.0 Å². The zero-order valence-corrected chi connectivity index (χ0v) is 14.7. The number of fused-ring (bicyclic) bond motifs is 1. The fourth-order valence-electron chi connectivity index (χ4n) is 4.03. The Morgan fingerprint density at radius 1 is 1.00 bits per heavy atom. The Morgan fingerprint density at radius 2 is 1.85 bits per heavy atom. The second-order valence-corrected chi connectivity index (χ2v) is 7.33. The molecule has 5 heteroatoms. The summed E-state index contributed by atoms with van der Waals surface area (Å²) in [5.74, 6) is 2.84. The second-order valence-electron chi connectivity index (χ2n) is 7.33. The van der Waals surface area contributed by atoms with E-state index in [9.17, 15) is 0 Å². The third kappa shape index (κ3) is 2.97. The van der Waals surface area contributed by atoms with Crippen molar-refractivity contribution in [2.24, 2.45) is 0 Å². The lowest BCUT2D eigenvalue weighted by molar-refractivity contribution is 0.0761. The molecule has 0 atom stereocenters. The summed E-state index contributed by atoms with van der Waals surface area (Å²) in [7, 11) is 0. The van der Waals surface area contributed by atoms with Crippen molar-refractivity contribution in [2.75, 3.05) is 13.2 Å². The van der Waals surface area contributed by atoms with Gasteiger partial charge in [0.25, 0.3) is 0 Å². The first-order chi connectivity index (χ1) is 12.9. The van der Waals surface area contributed by atoms with E-state index in [0.717, 1.165) is 61.6 Å². The normalized spacial score (nSPS) is 23.7. The number of ether oxygens (including phenoxy) is 2. The molecule has 26 heavy (non-hydrogen) atoms. The predicted molar refractivity (Wildman–Crippen MR) is 99.5 cm³/mol. The lowest BCUT2D eigenvalue weighted by atomic mass is 9.81. The highest BCUT2D eigenvalue weighted by Crippen LogP contribution is 2.40. The maximum atomic E-state index is 6.27. The summed E-state index contributed by atoms with van der Waals surface area (Å²) < 4.78 is 11.8. The standard InChI is InChI=1S/C21H23N3O2/c1-2-6-19-18(5-1)23-20(24-19)15-12-16(13-15)26-21-17(4-3-9-22-21)14-7-10-25-11-8-14/h1-6,9,14-16H,7-8,10-13H2,(H,23,24)/t15-,16-. The molecule has 1 saturated heterocycles. The summed E-state index contributed by atoms with van der Waals surface area (Å²) in [5, 5.41) is 0. The van der Waals surface area contributed by atoms with Gasteiger partial charge in [0.1, 0.15) is 11.9 Å². The van der Waals surface area contributed by atoms with Crippen molar-refractivity contribution in [1.29, 1.82) is 0 Å². The largest absolute Gasteiger partial charge is 0.474 e. The quantitative estimate of drug-likeness (QED) is 0.768. The van der Waals surface area contributed by atoms with Crippen LogP contribution in [0.1, 0.15) is 48.9 Å². The number of aromatic amines is 1. The Bertz CT molecular complexity index is 862. The Labute approximate surface area is 152 Å². The predicted octanol–water partition coefficient (Wildman–Crippen LogP) is 4.18. The van der Waals surface area contributed by atoms with Gasteiger partial charge in [0, 0.05) is 30.9 Å². The monoisotopic (exact) mass is 349 g/mol. The van der Waals surface area contributed by atoms with Crippen LogP contribution in [0.2, 0.25) is 0 Å². The number of nitrogens with zero attached hydrogens (tertiary/aromatic N) is 2. The van der Waals surface area contributed by atoms with Crippen LogP contribution < -0.4 is 4.74 Å². The van der Waals surface area contributed by atoms with Crippen LogP contribution in [-0.2, 0) is 4.74 Å². The number of pyridine rings is 1. The van der Waals surface area contributed by atoms with Crippen molar-refractivity contribution in [1.82, 2.24) is 15.0 Å². The van der Waals surface area contributed by atoms with Crippen molar-refractivity contribution >= 4 is 11.0 Å². The van der Waals surface area contributed by atoms with Gasteiger partial charge in [0.2, 0.25) is 5.88 Å². The van der Waals surface area contributed by atoms with E-state index in [4.69, 9.17) is 14.5 Å². The number of nitrogens with one attached hydrogen (secondary N) is 1. The van der Waals surface area contributed by atoms with Gasteiger partial charge in [-0.15, -0.1) is 0 Å². The number of hydrogen-bond acceptors (Lipinski definition) is 4. The Kier molecular flexibility index (Phi) is 4.09. The van der Waals surface area contributed by atoms with Crippen LogP contribution in [0.15, 0.2) is 42.6 Å². The van der Waals surface area contributed by atoms with Crippen LogP contribution in [0.4, 0.5) is 0 Å². The van der Waals surface area contributed by atoms with E-state index in [-0.39, 0.29) is 6.10 Å². The molecule has 1 aliphatic heterocycles. The third-order valence-electron chi connectivity index (χ3n) is 5.63. The summed E-state index contributed by atoms with van der Waals surface area (Å²) in [6.07, 6.45) is 6.13. The van der Waals surface area contributed by atoms with E-state index >= 15 is 0 Å². The molecule has 5 nitrogen and oxygen atoms in total. The van der Waals surface area contributed by atoms with Crippen LogP contribution >= 0.6 is 0 Å². The minimum absolute atomic E-state index is 0.224. The molecule has 0 radical (unpaired) electrons. The molecule has 134 valence electrons. The van der Waals surface area contributed by atoms with E-state index < -0.39 is 0 Å². The number of benzene rings is 1. The highest BCUT2D eigenvalue weighted by atomic mass is 16.5. The lowest BCUT2D eigenvalue weighted by Crippen LogP contribution is -2.33. The minimum atomic E-state index is 0.224. The number of hydrogen-bond donors (Lipinski definition) is 1. The van der Waals surface area contributed by atoms with Gasteiger partial charge >= 0.3 is 0 Å². The molecule has 2 aromatic heterocycles. The maximum Gasteiger partial charge on any atom is 0.217 e. The summed E-state index contributed by atoms with van der Waals surface area (Å²) in [4.78, 5) is 12.7. The molecule has 5 rings (SSSR count). The molecular formula is C21H23N3O2. The molecular weight excluding hydrogens is 326 g/mol. The Morgan fingerprint density at radius 3 is 2.69 bits per heavy atom. The van der Waals surface area contributed by atoms with Gasteiger partial charge in [-0.05, 0) is 49.8 Å². The van der Waals surface area contributed by atoms with E-state index in [1.807, 2.05) is 24.4 Å². The number of aromatic nitrogens is 3. The molecule has 0 spiro atoms. The number of para-hydroxylation sites is 2. The summed E-state index contributed by atoms with van der Waals surface area (Å²) >= 11 is 0. The van der Waals surface area contributed by atoms with Crippen molar-refractivity contribution in [2.45, 2.75) is 43.6 Å². The highest BCUT2D eigenvalue weighted by molar-refractivity contribution is 5.74. The Hall–Kier alpha value is -2.40. The highest BCUT2D eigenvalue weighted by Gasteiger charge is 2.35. The van der Waals surface area contributed by atoms with Gasteiger partial charge in [-0.3, -0.25) is 0 Å². The van der Waals surface area contributed by atoms with Crippen LogP contribution in [-0.4, -0.2) is 34.3 Å². The Balaban J connectivity index is 1.26. The molecule has 3 aromatic rings. The first-order valence-corrected chi connectivity index (χ1v) is 9.51. The molecule has 1 saturated carbocycles. The van der Waals surface area contributed by atoms with E-state index in [1.165, 1.54) is 5.56 Å². The van der Waals surface area contributed by atoms with Crippen LogP contribution in [0.25, 0.3) is 11.0 Å². The molecule has 1 aromatic carbocycles. The number of H-pyrrole nitrogens is 1. The first kappa shape index (κ1) is 15.8. The van der Waals surface area contributed by atoms with Gasteiger partial charge in [-0.1, -0.05) is 18.2 Å². The molecule has 2 fully saturated rings. The van der Waals surface area contributed by atoms with Gasteiger partial charge in [-0.25, -0.2) is 9.97 Å². The molecule has 0 bridgehead atoms. The fraction of sp³-hybridized carbons (Fsp3) is 0.429. The SMILES string of the molecule is c1cnc(O[C@H]2C[C@H](c3nc4ccccc4[nH]3)C2)c(C2CCOCC2)c1. The molecule has 0 unspecified atom stereocenters. The second kappa shape index (κ2) is 6.72. The zero-order chi connectivity index (χ0) is 17.3. The van der Waals surface area contributed by atoms with Crippen molar-refractivity contribution in [3.8, 4) is 5.88 Å². The van der Waals surface area contributed by atoms with Gasteiger partial charge in [0.05, 0.1) is 11.0 Å². The van der Waals surface area contributed by atoms with Gasteiger partial charge in [-0.2, -0.15) is 0 Å². The first-order valence-electron chi connectivity index (χ1n) is 9.51. The molecule has 0 amide bonds. The average molecular weight is 349 g/mol. The zero-order valence-electron chi connectivity index (χ0n) is 14.7. The van der Waals surface area contributed by atoms with E-state index in [2.05, 4.69) is 28.2 Å². The van der Waals surface area contributed by atoms with Crippen molar-refractivity contribution in [3.05, 3.63) is 54.0 Å². The van der Waals surface area contributed by atoms with Crippen LogP contribution in [0.3, 0.4) is 0 Å².